The average Bonchev–Trinajstić information content (AvgIpc) is 3.39. The highest BCUT2D eigenvalue weighted by molar-refractivity contribution is 8.00. The molecule has 0 saturated heterocycles. The van der Waals surface area contributed by atoms with Crippen molar-refractivity contribution in [1.29, 1.82) is 10.5 Å². The van der Waals surface area contributed by atoms with Crippen LogP contribution in [0.3, 0.4) is 0 Å². The van der Waals surface area contributed by atoms with Crippen molar-refractivity contribution in [2.24, 2.45) is 0 Å². The molecule has 0 atom stereocenters. The number of rotatable bonds is 10. The Kier molecular flexibility index (Phi) is 8.90. The first-order chi connectivity index (χ1) is 18.9. The normalized spacial score (nSPS) is 10.9. The molecule has 0 N–H and O–H groups in total. The Morgan fingerprint density at radius 3 is 1.56 bits per heavy atom. The van der Waals surface area contributed by atoms with Gasteiger partial charge in [-0.2, -0.15) is 10.5 Å². The van der Waals surface area contributed by atoms with Gasteiger partial charge in [0, 0.05) is 12.4 Å². The van der Waals surface area contributed by atoms with Gasteiger partial charge in [-0.25, -0.2) is 9.59 Å². The summed E-state index contributed by atoms with van der Waals surface area (Å²) < 4.78 is 14.1. The van der Waals surface area contributed by atoms with E-state index < -0.39 is 11.9 Å². The summed E-state index contributed by atoms with van der Waals surface area (Å²) in [5.74, 6) is 0.298. The number of aromatic nitrogens is 2. The van der Waals surface area contributed by atoms with Crippen LogP contribution in [0.1, 0.15) is 63.5 Å². The van der Waals surface area contributed by atoms with Gasteiger partial charge in [0.1, 0.15) is 23.5 Å². The summed E-state index contributed by atoms with van der Waals surface area (Å²) >= 11 is 2.87. The number of carbonyl (C=O) groups is 2. The molecule has 0 amide bonds. The molecule has 0 unspecified atom stereocenters. The van der Waals surface area contributed by atoms with Crippen molar-refractivity contribution in [3.05, 3.63) is 70.3 Å². The van der Waals surface area contributed by atoms with Crippen LogP contribution in [0.2, 0.25) is 0 Å². The summed E-state index contributed by atoms with van der Waals surface area (Å²) in [5.41, 5.74) is 4.92. The van der Waals surface area contributed by atoms with Crippen LogP contribution in [0.5, 0.6) is 0 Å². The molecule has 4 heterocycles. The van der Waals surface area contributed by atoms with Gasteiger partial charge in [-0.1, -0.05) is 0 Å². The molecule has 4 aromatic rings. The van der Waals surface area contributed by atoms with Gasteiger partial charge in [0.2, 0.25) is 0 Å². The SMILES string of the molecule is CCOC(=O)c1c(SCCCSc2c(C#N)c3cc(C)ccn3c2C(=O)OCC)c(C#N)c2cc(C)ccn12. The van der Waals surface area contributed by atoms with E-state index in [0.717, 1.165) is 11.1 Å². The Morgan fingerprint density at radius 1 is 0.795 bits per heavy atom. The second kappa shape index (κ2) is 12.3. The molecule has 0 bridgehead atoms. The van der Waals surface area contributed by atoms with Crippen molar-refractivity contribution in [2.75, 3.05) is 24.7 Å². The molecule has 0 fully saturated rings. The molecule has 4 rings (SSSR count). The number of aryl methyl sites for hydroxylation is 2. The van der Waals surface area contributed by atoms with Crippen LogP contribution in [-0.2, 0) is 9.47 Å². The topological polar surface area (TPSA) is 109 Å². The lowest BCUT2D eigenvalue weighted by Gasteiger charge is -2.07. The summed E-state index contributed by atoms with van der Waals surface area (Å²) in [4.78, 5) is 26.9. The largest absolute Gasteiger partial charge is 0.461 e. The molecule has 0 radical (unpaired) electrons. The molecule has 4 aromatic heterocycles. The average molecular weight is 561 g/mol. The standard InChI is InChI=1S/C29H28N4O4S2/c1-5-36-28(34)24-26(20(16-30)22-14-18(3)8-10-32(22)24)38-12-7-13-39-27-21(17-31)23-15-19(4)9-11-33(23)25(27)29(35)37-6-2/h8-11,14-15H,5-7,12-13H2,1-4H3. The maximum Gasteiger partial charge on any atom is 0.356 e. The van der Waals surface area contributed by atoms with Crippen molar-refractivity contribution in [3.63, 3.8) is 0 Å². The minimum absolute atomic E-state index is 0.232. The minimum atomic E-state index is -0.469. The number of hydrogen-bond donors (Lipinski definition) is 0. The molecule has 200 valence electrons. The number of nitrogens with zero attached hydrogens (tertiary/aromatic N) is 4. The Hall–Kier alpha value is -3.86. The summed E-state index contributed by atoms with van der Waals surface area (Å²) in [5, 5.41) is 19.9. The maximum absolute atomic E-state index is 12.9. The molecular formula is C29H28N4O4S2. The molecule has 10 heteroatoms. The van der Waals surface area contributed by atoms with E-state index in [2.05, 4.69) is 12.1 Å². The van der Waals surface area contributed by atoms with Gasteiger partial charge in [-0.3, -0.25) is 0 Å². The van der Waals surface area contributed by atoms with E-state index in [0.29, 0.717) is 61.3 Å². The predicted octanol–water partition coefficient (Wildman–Crippen LogP) is 6.18. The summed E-state index contributed by atoms with van der Waals surface area (Å²) in [7, 11) is 0. The fourth-order valence-corrected chi connectivity index (χ4v) is 6.75. The Morgan fingerprint density at radius 2 is 1.21 bits per heavy atom. The fourth-order valence-electron chi connectivity index (χ4n) is 4.36. The first-order valence-corrected chi connectivity index (χ1v) is 14.5. The van der Waals surface area contributed by atoms with E-state index in [1.165, 1.54) is 23.5 Å². The van der Waals surface area contributed by atoms with Crippen molar-refractivity contribution in [1.82, 2.24) is 8.80 Å². The van der Waals surface area contributed by atoms with Crippen LogP contribution in [-0.4, -0.2) is 45.5 Å². The lowest BCUT2D eigenvalue weighted by Crippen LogP contribution is -2.09. The number of carbonyl (C=O) groups excluding carboxylic acids is 2. The first kappa shape index (κ1) is 28.2. The Bertz CT molecular complexity index is 1530. The summed E-state index contributed by atoms with van der Waals surface area (Å²) in [6.45, 7) is 7.84. The number of fused-ring (bicyclic) bond motifs is 2. The van der Waals surface area contributed by atoms with Crippen molar-refractivity contribution in [3.8, 4) is 12.1 Å². The lowest BCUT2D eigenvalue weighted by molar-refractivity contribution is 0.0504. The predicted molar refractivity (Wildman–Crippen MR) is 152 cm³/mol. The van der Waals surface area contributed by atoms with Crippen LogP contribution in [0.25, 0.3) is 11.0 Å². The number of thioether (sulfide) groups is 2. The third kappa shape index (κ3) is 5.49. The molecule has 0 saturated carbocycles. The van der Waals surface area contributed by atoms with Gasteiger partial charge in [-0.05, 0) is 81.0 Å². The molecule has 0 aromatic carbocycles. The van der Waals surface area contributed by atoms with Crippen molar-refractivity contribution in [2.45, 2.75) is 43.9 Å². The first-order valence-electron chi connectivity index (χ1n) is 12.6. The number of ether oxygens (including phenoxy) is 2. The van der Waals surface area contributed by atoms with Crippen LogP contribution in [0.15, 0.2) is 46.5 Å². The highest BCUT2D eigenvalue weighted by Crippen LogP contribution is 2.36. The van der Waals surface area contributed by atoms with Crippen LogP contribution in [0.4, 0.5) is 0 Å². The van der Waals surface area contributed by atoms with Gasteiger partial charge in [0.15, 0.2) is 0 Å². The van der Waals surface area contributed by atoms with E-state index in [1.54, 1.807) is 35.0 Å². The minimum Gasteiger partial charge on any atom is -0.461 e. The van der Waals surface area contributed by atoms with Gasteiger partial charge in [-0.15, -0.1) is 23.5 Å². The second-order valence-corrected chi connectivity index (χ2v) is 10.9. The molecule has 8 nitrogen and oxygen atoms in total. The number of hydrogen-bond acceptors (Lipinski definition) is 8. The van der Waals surface area contributed by atoms with E-state index in [-0.39, 0.29) is 13.2 Å². The fraction of sp³-hybridized carbons (Fsp3) is 0.310. The van der Waals surface area contributed by atoms with Gasteiger partial charge < -0.3 is 18.3 Å². The van der Waals surface area contributed by atoms with E-state index in [4.69, 9.17) is 9.47 Å². The van der Waals surface area contributed by atoms with Gasteiger partial charge >= 0.3 is 11.9 Å². The molecule has 0 aliphatic carbocycles. The molecule has 0 aliphatic rings. The monoisotopic (exact) mass is 560 g/mol. The van der Waals surface area contributed by atoms with Crippen LogP contribution < -0.4 is 0 Å². The molecule has 0 aliphatic heterocycles. The molecule has 39 heavy (non-hydrogen) atoms. The Balaban J connectivity index is 1.58. The highest BCUT2D eigenvalue weighted by Gasteiger charge is 2.26. The van der Waals surface area contributed by atoms with Crippen molar-refractivity contribution < 1.29 is 19.1 Å². The van der Waals surface area contributed by atoms with E-state index >= 15 is 0 Å². The zero-order valence-electron chi connectivity index (χ0n) is 22.2. The lowest BCUT2D eigenvalue weighted by atomic mass is 10.2. The third-order valence-electron chi connectivity index (χ3n) is 6.04. The zero-order chi connectivity index (χ0) is 28.1. The highest BCUT2D eigenvalue weighted by atomic mass is 32.2. The maximum atomic E-state index is 12.9. The third-order valence-corrected chi connectivity index (χ3v) is 8.40. The quantitative estimate of drug-likeness (QED) is 0.128. The number of pyridine rings is 2. The smallest absolute Gasteiger partial charge is 0.356 e. The van der Waals surface area contributed by atoms with Crippen molar-refractivity contribution >= 4 is 46.5 Å². The van der Waals surface area contributed by atoms with Gasteiger partial charge in [0.05, 0.1) is 45.2 Å². The molecule has 0 spiro atoms. The second-order valence-electron chi connectivity index (χ2n) is 8.74. The zero-order valence-corrected chi connectivity index (χ0v) is 23.9. The van der Waals surface area contributed by atoms with E-state index in [9.17, 15) is 20.1 Å². The summed E-state index contributed by atoms with van der Waals surface area (Å²) in [6.07, 6.45) is 4.28. The van der Waals surface area contributed by atoms with Crippen LogP contribution >= 0.6 is 23.5 Å². The number of esters is 2. The molecular weight excluding hydrogens is 532 g/mol. The summed E-state index contributed by atoms with van der Waals surface area (Å²) in [6, 6.07) is 12.1. The van der Waals surface area contributed by atoms with Crippen LogP contribution in [0, 0.1) is 36.5 Å². The van der Waals surface area contributed by atoms with Gasteiger partial charge in [0.25, 0.3) is 0 Å². The van der Waals surface area contributed by atoms with E-state index in [1.807, 2.05) is 38.1 Å². The number of nitriles is 2. The Labute approximate surface area is 235 Å².